The second-order valence-electron chi connectivity index (χ2n) is 3.26. The summed E-state index contributed by atoms with van der Waals surface area (Å²) in [6, 6.07) is 0. The summed E-state index contributed by atoms with van der Waals surface area (Å²) in [4.78, 5) is 13.0. The van der Waals surface area contributed by atoms with E-state index in [4.69, 9.17) is 0 Å². The third kappa shape index (κ3) is 2.16. The number of rotatable bonds is 2. The first-order chi connectivity index (χ1) is 6.42. The van der Waals surface area contributed by atoms with Gasteiger partial charge < -0.3 is 0 Å². The van der Waals surface area contributed by atoms with Crippen LogP contribution in [0.1, 0.15) is 12.8 Å². The molecule has 0 amide bonds. The van der Waals surface area contributed by atoms with E-state index in [1.54, 1.807) is 0 Å². The molecule has 0 aromatic carbocycles. The Morgan fingerprint density at radius 2 is 1.79 bits per heavy atom. The van der Waals surface area contributed by atoms with Crippen LogP contribution in [0.15, 0.2) is 4.99 Å². The molecule has 0 aliphatic carbocycles. The maximum atomic E-state index is 12.5. The van der Waals surface area contributed by atoms with Crippen molar-refractivity contribution in [2.24, 2.45) is 4.99 Å². The Balaban J connectivity index is 2.90. The van der Waals surface area contributed by atoms with Gasteiger partial charge in [0.05, 0.1) is 11.5 Å². The van der Waals surface area contributed by atoms with E-state index in [2.05, 4.69) is 4.99 Å². The van der Waals surface area contributed by atoms with Crippen LogP contribution in [-0.4, -0.2) is 38.0 Å². The van der Waals surface area contributed by atoms with Crippen LogP contribution in [0.5, 0.6) is 0 Å². The molecule has 1 heterocycles. The Hall–Kier alpha value is -0.810. The van der Waals surface area contributed by atoms with Gasteiger partial charge in [0, 0.05) is 0 Å². The molecule has 0 saturated carbocycles. The molecule has 0 atom stereocenters. The van der Waals surface area contributed by atoms with E-state index in [0.717, 1.165) is 6.08 Å². The highest BCUT2D eigenvalue weighted by Crippen LogP contribution is 2.33. The lowest BCUT2D eigenvalue weighted by Gasteiger charge is -2.30. The van der Waals surface area contributed by atoms with Crippen LogP contribution in [0.2, 0.25) is 0 Å². The summed E-state index contributed by atoms with van der Waals surface area (Å²) in [5, 5.41) is 0. The number of alkyl halides is 2. The van der Waals surface area contributed by atoms with Gasteiger partial charge in [0.25, 0.3) is 6.43 Å². The van der Waals surface area contributed by atoms with Crippen LogP contribution in [0.3, 0.4) is 0 Å². The number of halogens is 2. The van der Waals surface area contributed by atoms with E-state index in [9.17, 15) is 22.0 Å². The fourth-order valence-corrected chi connectivity index (χ4v) is 2.89. The lowest BCUT2D eigenvalue weighted by molar-refractivity contribution is 0.0493. The molecule has 0 spiro atoms. The molecule has 1 aliphatic heterocycles. The Kier molecular flexibility index (Phi) is 3.01. The minimum Gasteiger partial charge on any atom is -0.229 e. The number of hydrogen-bond donors (Lipinski definition) is 0. The summed E-state index contributed by atoms with van der Waals surface area (Å²) in [7, 11) is -3.23. The minimum absolute atomic E-state index is 0.303. The van der Waals surface area contributed by atoms with Crippen LogP contribution in [-0.2, 0) is 14.6 Å². The Bertz CT molecular complexity index is 345. The van der Waals surface area contributed by atoms with Crippen molar-refractivity contribution in [3.05, 3.63) is 0 Å². The molecule has 4 nitrogen and oxygen atoms in total. The van der Waals surface area contributed by atoms with Crippen molar-refractivity contribution in [2.75, 3.05) is 11.5 Å². The Labute approximate surface area is 79.9 Å². The minimum atomic E-state index is -3.23. The maximum absolute atomic E-state index is 12.5. The molecule has 0 bridgehead atoms. The van der Waals surface area contributed by atoms with Crippen molar-refractivity contribution < 1.29 is 22.0 Å². The van der Waals surface area contributed by atoms with Crippen LogP contribution in [0, 0.1) is 0 Å². The topological polar surface area (TPSA) is 63.6 Å². The van der Waals surface area contributed by atoms with Crippen molar-refractivity contribution in [3.63, 3.8) is 0 Å². The quantitative estimate of drug-likeness (QED) is 0.508. The van der Waals surface area contributed by atoms with Gasteiger partial charge in [-0.15, -0.1) is 0 Å². The highest BCUT2D eigenvalue weighted by Gasteiger charge is 2.44. The van der Waals surface area contributed by atoms with E-state index in [1.165, 1.54) is 0 Å². The number of nitrogens with zero attached hydrogens (tertiary/aromatic N) is 1. The van der Waals surface area contributed by atoms with Crippen molar-refractivity contribution in [3.8, 4) is 0 Å². The summed E-state index contributed by atoms with van der Waals surface area (Å²) in [6.07, 6.45) is -2.34. The second-order valence-corrected chi connectivity index (χ2v) is 5.56. The molecule has 1 saturated heterocycles. The summed E-state index contributed by atoms with van der Waals surface area (Å²) in [5.74, 6) is -0.689. The van der Waals surface area contributed by atoms with Crippen LogP contribution >= 0.6 is 0 Å². The molecule has 80 valence electrons. The molecule has 14 heavy (non-hydrogen) atoms. The van der Waals surface area contributed by atoms with Gasteiger partial charge in [-0.2, -0.15) is 4.99 Å². The van der Waals surface area contributed by atoms with Gasteiger partial charge in [-0.25, -0.2) is 22.0 Å². The maximum Gasteiger partial charge on any atom is 0.264 e. The molecule has 1 fully saturated rings. The predicted octanol–water partition coefficient (Wildman–Crippen LogP) is 0.535. The first kappa shape index (κ1) is 11.3. The zero-order valence-electron chi connectivity index (χ0n) is 7.24. The van der Waals surface area contributed by atoms with Crippen LogP contribution in [0.4, 0.5) is 8.78 Å². The lowest BCUT2D eigenvalue weighted by Crippen LogP contribution is -2.43. The van der Waals surface area contributed by atoms with E-state index in [-0.39, 0.29) is 24.3 Å². The number of sulfone groups is 1. The standard InChI is InChI=1S/C7H9F2NO3S/c8-6(9)7(10-5-11)1-3-14(12,13)4-2-7/h6H,1-4H2. The van der Waals surface area contributed by atoms with Crippen molar-refractivity contribution >= 4 is 15.9 Å². The van der Waals surface area contributed by atoms with Crippen molar-refractivity contribution in [1.29, 1.82) is 0 Å². The molecule has 0 aromatic rings. The van der Waals surface area contributed by atoms with Crippen LogP contribution < -0.4 is 0 Å². The van der Waals surface area contributed by atoms with Gasteiger partial charge in [-0.05, 0) is 12.8 Å². The zero-order chi connectivity index (χ0) is 10.8. The summed E-state index contributed by atoms with van der Waals surface area (Å²) < 4.78 is 47.1. The number of isocyanates is 1. The number of aliphatic imine (C=N–C) groups is 1. The monoisotopic (exact) mass is 225 g/mol. The summed E-state index contributed by atoms with van der Waals surface area (Å²) in [5.41, 5.74) is -1.83. The smallest absolute Gasteiger partial charge is 0.229 e. The SMILES string of the molecule is O=C=NC1(C(F)F)CCS(=O)(=O)CC1. The second kappa shape index (κ2) is 3.74. The normalized spacial score (nSPS) is 24.2. The first-order valence-corrected chi connectivity index (χ1v) is 5.82. The van der Waals surface area contributed by atoms with Gasteiger partial charge in [0.2, 0.25) is 6.08 Å². The van der Waals surface area contributed by atoms with E-state index < -0.39 is 21.8 Å². The van der Waals surface area contributed by atoms with Crippen molar-refractivity contribution in [1.82, 2.24) is 0 Å². The predicted molar refractivity (Wildman–Crippen MR) is 44.7 cm³/mol. The van der Waals surface area contributed by atoms with Gasteiger partial charge in [-0.1, -0.05) is 0 Å². The Morgan fingerprint density at radius 1 is 1.29 bits per heavy atom. The van der Waals surface area contributed by atoms with Gasteiger partial charge in [0.15, 0.2) is 9.84 Å². The summed E-state index contributed by atoms with van der Waals surface area (Å²) in [6.45, 7) is 0. The highest BCUT2D eigenvalue weighted by atomic mass is 32.2. The highest BCUT2D eigenvalue weighted by molar-refractivity contribution is 7.91. The van der Waals surface area contributed by atoms with Gasteiger partial charge in [0.1, 0.15) is 5.54 Å². The molecule has 0 aromatic heterocycles. The molecule has 0 unspecified atom stereocenters. The molecule has 1 aliphatic rings. The zero-order valence-corrected chi connectivity index (χ0v) is 8.06. The van der Waals surface area contributed by atoms with Crippen LogP contribution in [0.25, 0.3) is 0 Å². The Morgan fingerprint density at radius 3 is 2.14 bits per heavy atom. The average Bonchev–Trinajstić information content (AvgIpc) is 2.09. The molecule has 1 rings (SSSR count). The van der Waals surface area contributed by atoms with E-state index in [1.807, 2.05) is 0 Å². The average molecular weight is 225 g/mol. The third-order valence-corrected chi connectivity index (χ3v) is 4.02. The molecule has 0 radical (unpaired) electrons. The molecular formula is C7H9F2NO3S. The van der Waals surface area contributed by atoms with E-state index in [0.29, 0.717) is 0 Å². The fraction of sp³-hybridized carbons (Fsp3) is 0.857. The molecular weight excluding hydrogens is 216 g/mol. The van der Waals surface area contributed by atoms with Crippen molar-refractivity contribution in [2.45, 2.75) is 24.8 Å². The number of carbonyl (C=O) groups excluding carboxylic acids is 1. The fourth-order valence-electron chi connectivity index (χ4n) is 1.36. The van der Waals surface area contributed by atoms with Gasteiger partial charge >= 0.3 is 0 Å². The molecule has 0 N–H and O–H groups in total. The number of hydrogen-bond acceptors (Lipinski definition) is 4. The molecule has 7 heteroatoms. The van der Waals surface area contributed by atoms with Gasteiger partial charge in [-0.3, -0.25) is 0 Å². The lowest BCUT2D eigenvalue weighted by atomic mass is 9.94. The summed E-state index contributed by atoms with van der Waals surface area (Å²) >= 11 is 0. The first-order valence-electron chi connectivity index (χ1n) is 3.99. The van der Waals surface area contributed by atoms with E-state index >= 15 is 0 Å². The largest absolute Gasteiger partial charge is 0.264 e. The third-order valence-electron chi connectivity index (χ3n) is 2.37.